The van der Waals surface area contributed by atoms with E-state index in [9.17, 15) is 4.79 Å². The number of aromatic nitrogens is 6. The van der Waals surface area contributed by atoms with Gasteiger partial charge in [-0.1, -0.05) is 11.3 Å². The maximum atomic E-state index is 12.3. The Morgan fingerprint density at radius 3 is 2.78 bits per heavy atom. The number of rotatable bonds is 7. The summed E-state index contributed by atoms with van der Waals surface area (Å²) in [4.78, 5) is 15.5. The molecule has 4 rings (SSSR count). The Morgan fingerprint density at radius 1 is 1.22 bits per heavy atom. The minimum absolute atomic E-state index is 0.00649. The second kappa shape index (κ2) is 7.44. The molecule has 10 heteroatoms. The molecular weight excluding hydrogens is 350 g/mol. The molecule has 1 fully saturated rings. The average Bonchev–Trinajstić information content (AvgIpc) is 3.32. The number of carbonyl (C=O) groups is 1. The van der Waals surface area contributed by atoms with Crippen molar-refractivity contribution in [3.63, 3.8) is 0 Å². The van der Waals surface area contributed by atoms with Crippen LogP contribution in [0.4, 0.5) is 0 Å². The van der Waals surface area contributed by atoms with E-state index in [0.29, 0.717) is 31.1 Å². The molecule has 1 saturated heterocycles. The molecule has 1 aliphatic rings. The number of nitrogens with zero attached hydrogens (tertiary/aromatic N) is 7. The average molecular weight is 369 g/mol. The molecule has 0 unspecified atom stereocenters. The van der Waals surface area contributed by atoms with E-state index >= 15 is 0 Å². The Kier molecular flexibility index (Phi) is 4.69. The van der Waals surface area contributed by atoms with Crippen LogP contribution in [-0.2, 0) is 11.3 Å². The SMILES string of the molecule is COc1cccc(OCC(=O)N2CC(n3cc(Cn4nccn4)nn3)C2)c1. The molecule has 140 valence electrons. The van der Waals surface area contributed by atoms with Gasteiger partial charge in [0.2, 0.25) is 0 Å². The normalized spacial score (nSPS) is 14.0. The maximum Gasteiger partial charge on any atom is 0.260 e. The molecule has 0 spiro atoms. The second-order valence-electron chi connectivity index (χ2n) is 6.17. The third kappa shape index (κ3) is 3.89. The zero-order valence-electron chi connectivity index (χ0n) is 14.8. The van der Waals surface area contributed by atoms with Crippen LogP contribution in [-0.4, -0.2) is 67.6 Å². The predicted octanol–water partition coefficient (Wildman–Crippen LogP) is 0.389. The maximum absolute atomic E-state index is 12.3. The lowest BCUT2D eigenvalue weighted by atomic mass is 10.1. The van der Waals surface area contributed by atoms with Crippen molar-refractivity contribution in [2.24, 2.45) is 0 Å². The minimum Gasteiger partial charge on any atom is -0.497 e. The van der Waals surface area contributed by atoms with Crippen LogP contribution in [0.15, 0.2) is 42.9 Å². The molecule has 3 aromatic rings. The van der Waals surface area contributed by atoms with Crippen molar-refractivity contribution < 1.29 is 14.3 Å². The smallest absolute Gasteiger partial charge is 0.260 e. The summed E-state index contributed by atoms with van der Waals surface area (Å²) in [6.07, 6.45) is 5.10. The Morgan fingerprint density at radius 2 is 2.00 bits per heavy atom. The van der Waals surface area contributed by atoms with Crippen LogP contribution in [0.1, 0.15) is 11.7 Å². The highest BCUT2D eigenvalue weighted by molar-refractivity contribution is 5.78. The third-order valence-electron chi connectivity index (χ3n) is 4.32. The van der Waals surface area contributed by atoms with Crippen LogP contribution < -0.4 is 9.47 Å². The lowest BCUT2D eigenvalue weighted by Crippen LogP contribution is -2.52. The van der Waals surface area contributed by atoms with Crippen molar-refractivity contribution in [2.45, 2.75) is 12.6 Å². The van der Waals surface area contributed by atoms with Gasteiger partial charge in [-0.25, -0.2) is 4.68 Å². The predicted molar refractivity (Wildman–Crippen MR) is 93.3 cm³/mol. The molecule has 10 nitrogen and oxygen atoms in total. The molecule has 3 heterocycles. The van der Waals surface area contributed by atoms with E-state index in [-0.39, 0.29) is 18.6 Å². The number of ether oxygens (including phenoxy) is 2. The van der Waals surface area contributed by atoms with Gasteiger partial charge < -0.3 is 14.4 Å². The Labute approximate surface area is 155 Å². The van der Waals surface area contributed by atoms with Crippen LogP contribution in [0.25, 0.3) is 0 Å². The molecular formula is C17H19N7O3. The summed E-state index contributed by atoms with van der Waals surface area (Å²) in [6.45, 7) is 1.64. The Balaban J connectivity index is 1.25. The van der Waals surface area contributed by atoms with Crippen LogP contribution >= 0.6 is 0 Å². The van der Waals surface area contributed by atoms with Crippen LogP contribution in [0.3, 0.4) is 0 Å². The highest BCUT2D eigenvalue weighted by atomic mass is 16.5. The monoisotopic (exact) mass is 369 g/mol. The van der Waals surface area contributed by atoms with E-state index in [1.54, 1.807) is 46.0 Å². The second-order valence-corrected chi connectivity index (χ2v) is 6.17. The van der Waals surface area contributed by atoms with Crippen LogP contribution in [0, 0.1) is 0 Å². The fraction of sp³-hybridized carbons (Fsp3) is 0.353. The molecule has 1 amide bonds. The quantitative estimate of drug-likeness (QED) is 0.594. The lowest BCUT2D eigenvalue weighted by Gasteiger charge is -2.38. The van der Waals surface area contributed by atoms with Gasteiger partial charge in [-0.3, -0.25) is 4.79 Å². The molecule has 0 radical (unpaired) electrons. The topological polar surface area (TPSA) is 100 Å². The van der Waals surface area contributed by atoms with E-state index in [1.165, 1.54) is 0 Å². The Bertz CT molecular complexity index is 903. The van der Waals surface area contributed by atoms with Crippen molar-refractivity contribution in [3.05, 3.63) is 48.5 Å². The van der Waals surface area contributed by atoms with Crippen molar-refractivity contribution in [2.75, 3.05) is 26.8 Å². The summed E-state index contributed by atoms with van der Waals surface area (Å²) >= 11 is 0. The molecule has 0 aliphatic carbocycles. The van der Waals surface area contributed by atoms with Gasteiger partial charge in [0, 0.05) is 19.2 Å². The molecule has 1 aromatic carbocycles. The van der Waals surface area contributed by atoms with E-state index in [1.807, 2.05) is 18.3 Å². The standard InChI is InChI=1S/C17H19N7O3/c1-26-15-3-2-4-16(7-15)27-12-17(25)22-10-14(11-22)23-8-13(20-21-23)9-24-18-5-6-19-24/h2-8,14H,9-12H2,1H3. The first-order valence-corrected chi connectivity index (χ1v) is 8.50. The summed E-state index contributed by atoms with van der Waals surface area (Å²) in [6, 6.07) is 7.30. The van der Waals surface area contributed by atoms with Gasteiger partial charge in [-0.2, -0.15) is 15.0 Å². The molecule has 0 atom stereocenters. The Hall–Kier alpha value is -3.43. The van der Waals surface area contributed by atoms with Gasteiger partial charge >= 0.3 is 0 Å². The van der Waals surface area contributed by atoms with Crippen molar-refractivity contribution in [3.8, 4) is 11.5 Å². The van der Waals surface area contributed by atoms with E-state index in [4.69, 9.17) is 9.47 Å². The molecule has 1 aliphatic heterocycles. The highest BCUT2D eigenvalue weighted by Gasteiger charge is 2.32. The van der Waals surface area contributed by atoms with Crippen LogP contribution in [0.2, 0.25) is 0 Å². The van der Waals surface area contributed by atoms with Gasteiger partial charge in [0.1, 0.15) is 23.7 Å². The van der Waals surface area contributed by atoms with E-state index in [0.717, 1.165) is 5.69 Å². The summed E-state index contributed by atoms with van der Waals surface area (Å²) in [5.74, 6) is 1.24. The highest BCUT2D eigenvalue weighted by Crippen LogP contribution is 2.22. The molecule has 0 N–H and O–H groups in total. The van der Waals surface area contributed by atoms with E-state index in [2.05, 4.69) is 20.5 Å². The molecule has 0 bridgehead atoms. The fourth-order valence-corrected chi connectivity index (χ4v) is 2.79. The summed E-state index contributed by atoms with van der Waals surface area (Å²) in [7, 11) is 1.59. The van der Waals surface area contributed by atoms with Gasteiger partial charge in [0.05, 0.1) is 31.7 Å². The zero-order chi connectivity index (χ0) is 18.6. The van der Waals surface area contributed by atoms with Gasteiger partial charge in [0.25, 0.3) is 5.91 Å². The third-order valence-corrected chi connectivity index (χ3v) is 4.32. The lowest BCUT2D eigenvalue weighted by molar-refractivity contribution is -0.139. The minimum atomic E-state index is -0.0600. The fourth-order valence-electron chi connectivity index (χ4n) is 2.79. The number of amides is 1. The summed E-state index contributed by atoms with van der Waals surface area (Å²) in [5, 5.41) is 16.4. The first kappa shape index (κ1) is 17.0. The number of hydrogen-bond donors (Lipinski definition) is 0. The van der Waals surface area contributed by atoms with Gasteiger partial charge in [-0.05, 0) is 12.1 Å². The number of hydrogen-bond acceptors (Lipinski definition) is 7. The first-order valence-electron chi connectivity index (χ1n) is 8.50. The first-order chi connectivity index (χ1) is 13.2. The summed E-state index contributed by atoms with van der Waals surface area (Å²) < 4.78 is 12.5. The molecule has 27 heavy (non-hydrogen) atoms. The summed E-state index contributed by atoms with van der Waals surface area (Å²) in [5.41, 5.74) is 0.775. The van der Waals surface area contributed by atoms with E-state index < -0.39 is 0 Å². The van der Waals surface area contributed by atoms with Crippen molar-refractivity contribution >= 4 is 5.91 Å². The number of likely N-dealkylation sites (tertiary alicyclic amines) is 1. The number of carbonyl (C=O) groups excluding carboxylic acids is 1. The van der Waals surface area contributed by atoms with Crippen LogP contribution in [0.5, 0.6) is 11.5 Å². The zero-order valence-corrected chi connectivity index (χ0v) is 14.8. The van der Waals surface area contributed by atoms with Gasteiger partial charge in [0.15, 0.2) is 6.61 Å². The van der Waals surface area contributed by atoms with Crippen molar-refractivity contribution in [1.29, 1.82) is 0 Å². The number of methoxy groups -OCH3 is 1. The van der Waals surface area contributed by atoms with Gasteiger partial charge in [-0.15, -0.1) is 5.10 Å². The van der Waals surface area contributed by atoms with Crippen molar-refractivity contribution in [1.82, 2.24) is 34.9 Å². The number of benzene rings is 1. The molecule has 2 aromatic heterocycles. The largest absolute Gasteiger partial charge is 0.497 e. The molecule has 0 saturated carbocycles.